The molecule has 96 valence electrons. The Bertz CT molecular complexity index is 458. The number of hydrogen-bond donors (Lipinski definition) is 0. The van der Waals surface area contributed by atoms with Crippen molar-refractivity contribution in [2.45, 2.75) is 6.42 Å². The van der Waals surface area contributed by atoms with E-state index >= 15 is 0 Å². The molecule has 1 heterocycles. The normalized spacial score (nSPS) is 18.8. The molecule has 1 aromatic rings. The lowest BCUT2D eigenvalue weighted by molar-refractivity contribution is -0.144. The molecule has 0 radical (unpaired) electrons. The number of rotatable bonds is 2. The summed E-state index contributed by atoms with van der Waals surface area (Å²) in [6.07, 6.45) is 0.611. The first-order valence-electron chi connectivity index (χ1n) is 5.74. The van der Waals surface area contributed by atoms with Gasteiger partial charge in [0.15, 0.2) is 0 Å². The molecule has 1 saturated heterocycles. The summed E-state index contributed by atoms with van der Waals surface area (Å²) in [6, 6.07) is 5.40. The molecule has 0 spiro atoms. The summed E-state index contributed by atoms with van der Waals surface area (Å²) in [6.45, 7) is 0.888. The van der Waals surface area contributed by atoms with Crippen LogP contribution in [0, 0.1) is 11.7 Å². The molecule has 4 nitrogen and oxygen atoms in total. The van der Waals surface area contributed by atoms with Gasteiger partial charge in [-0.2, -0.15) is 0 Å². The maximum Gasteiger partial charge on any atom is 0.310 e. The average Bonchev–Trinajstić information content (AvgIpc) is 2.87. The molecule has 0 saturated carbocycles. The second-order valence-electron chi connectivity index (χ2n) is 4.27. The molecule has 1 fully saturated rings. The van der Waals surface area contributed by atoms with Crippen molar-refractivity contribution in [3.8, 4) is 0 Å². The zero-order valence-electron chi connectivity index (χ0n) is 10.1. The maximum absolute atomic E-state index is 12.8. The van der Waals surface area contributed by atoms with Gasteiger partial charge in [-0.25, -0.2) is 4.39 Å². The predicted octanol–water partition coefficient (Wildman–Crippen LogP) is 1.46. The molecule has 18 heavy (non-hydrogen) atoms. The van der Waals surface area contributed by atoms with Crippen LogP contribution in [0.5, 0.6) is 0 Å². The molecular formula is C13H14FNO3. The topological polar surface area (TPSA) is 46.6 Å². The fraction of sp³-hybridized carbons (Fsp3) is 0.385. The Morgan fingerprint density at radius 2 is 2.00 bits per heavy atom. The van der Waals surface area contributed by atoms with Crippen LogP contribution < -0.4 is 0 Å². The van der Waals surface area contributed by atoms with Crippen molar-refractivity contribution >= 4 is 11.9 Å². The Labute approximate surface area is 104 Å². The second-order valence-corrected chi connectivity index (χ2v) is 4.27. The van der Waals surface area contributed by atoms with Gasteiger partial charge in [0, 0.05) is 18.7 Å². The summed E-state index contributed by atoms with van der Waals surface area (Å²) in [5.41, 5.74) is 0.432. The Balaban J connectivity index is 2.03. The van der Waals surface area contributed by atoms with Crippen LogP contribution in [0.4, 0.5) is 4.39 Å². The number of ether oxygens (including phenoxy) is 1. The number of methoxy groups -OCH3 is 1. The van der Waals surface area contributed by atoms with E-state index in [4.69, 9.17) is 0 Å². The maximum atomic E-state index is 12.8. The molecule has 0 N–H and O–H groups in total. The first-order valence-corrected chi connectivity index (χ1v) is 5.74. The van der Waals surface area contributed by atoms with Crippen molar-refractivity contribution in [3.63, 3.8) is 0 Å². The van der Waals surface area contributed by atoms with Crippen molar-refractivity contribution in [1.29, 1.82) is 0 Å². The van der Waals surface area contributed by atoms with Crippen LogP contribution >= 0.6 is 0 Å². The van der Waals surface area contributed by atoms with Gasteiger partial charge in [-0.15, -0.1) is 0 Å². The highest BCUT2D eigenvalue weighted by atomic mass is 19.1. The first-order chi connectivity index (χ1) is 8.61. The van der Waals surface area contributed by atoms with Gasteiger partial charge in [-0.1, -0.05) is 0 Å². The van der Waals surface area contributed by atoms with Gasteiger partial charge in [0.1, 0.15) is 5.82 Å². The fourth-order valence-electron chi connectivity index (χ4n) is 2.08. The quantitative estimate of drug-likeness (QED) is 0.748. The second kappa shape index (κ2) is 5.16. The lowest BCUT2D eigenvalue weighted by atomic mass is 10.1. The highest BCUT2D eigenvalue weighted by Gasteiger charge is 2.31. The number of benzene rings is 1. The number of amides is 1. The van der Waals surface area contributed by atoms with E-state index in [1.54, 1.807) is 4.90 Å². The standard InChI is InChI=1S/C13H14FNO3/c1-18-13(17)10-6-7-15(8-10)12(16)9-2-4-11(14)5-3-9/h2-5,10H,6-8H2,1H3. The van der Waals surface area contributed by atoms with Crippen LogP contribution in [0.1, 0.15) is 16.8 Å². The Morgan fingerprint density at radius 1 is 1.33 bits per heavy atom. The van der Waals surface area contributed by atoms with Crippen molar-refractivity contribution in [2.75, 3.05) is 20.2 Å². The molecule has 1 unspecified atom stereocenters. The lowest BCUT2D eigenvalue weighted by Gasteiger charge is -2.16. The third kappa shape index (κ3) is 2.50. The van der Waals surface area contributed by atoms with E-state index in [-0.39, 0.29) is 23.6 Å². The summed E-state index contributed by atoms with van der Waals surface area (Å²) in [5, 5.41) is 0. The predicted molar refractivity (Wildman–Crippen MR) is 62.4 cm³/mol. The minimum atomic E-state index is -0.375. The summed E-state index contributed by atoms with van der Waals surface area (Å²) < 4.78 is 17.4. The Hall–Kier alpha value is -1.91. The number of esters is 1. The highest BCUT2D eigenvalue weighted by molar-refractivity contribution is 5.94. The summed E-state index contributed by atoms with van der Waals surface area (Å²) in [4.78, 5) is 25.0. The molecule has 1 atom stereocenters. The van der Waals surface area contributed by atoms with Crippen molar-refractivity contribution in [3.05, 3.63) is 35.6 Å². The van der Waals surface area contributed by atoms with Gasteiger partial charge < -0.3 is 9.64 Å². The SMILES string of the molecule is COC(=O)C1CCN(C(=O)c2ccc(F)cc2)C1. The van der Waals surface area contributed by atoms with Crippen molar-refractivity contribution in [2.24, 2.45) is 5.92 Å². The number of carbonyl (C=O) groups is 2. The largest absolute Gasteiger partial charge is 0.469 e. The molecule has 1 aromatic carbocycles. The zero-order chi connectivity index (χ0) is 13.1. The van der Waals surface area contributed by atoms with E-state index in [0.717, 1.165) is 0 Å². The third-order valence-electron chi connectivity index (χ3n) is 3.10. The third-order valence-corrected chi connectivity index (χ3v) is 3.10. The summed E-state index contributed by atoms with van der Waals surface area (Å²) in [7, 11) is 1.34. The van der Waals surface area contributed by atoms with Gasteiger partial charge >= 0.3 is 5.97 Å². The van der Waals surface area contributed by atoms with Gasteiger partial charge in [-0.05, 0) is 30.7 Å². The molecule has 1 aliphatic rings. The smallest absolute Gasteiger partial charge is 0.310 e. The average molecular weight is 251 g/mol. The monoisotopic (exact) mass is 251 g/mol. The lowest BCUT2D eigenvalue weighted by Crippen LogP contribution is -2.30. The van der Waals surface area contributed by atoms with E-state index < -0.39 is 0 Å². The minimum absolute atomic E-state index is 0.179. The van der Waals surface area contributed by atoms with Gasteiger partial charge in [0.05, 0.1) is 13.0 Å². The molecular weight excluding hydrogens is 237 g/mol. The van der Waals surface area contributed by atoms with Crippen molar-refractivity contribution in [1.82, 2.24) is 4.90 Å². The van der Waals surface area contributed by atoms with E-state index in [0.29, 0.717) is 25.1 Å². The van der Waals surface area contributed by atoms with E-state index in [2.05, 4.69) is 4.74 Å². The zero-order valence-corrected chi connectivity index (χ0v) is 10.1. The molecule has 1 amide bonds. The summed E-state index contributed by atoms with van der Waals surface area (Å²) >= 11 is 0. The van der Waals surface area contributed by atoms with Crippen LogP contribution in [0.2, 0.25) is 0 Å². The van der Waals surface area contributed by atoms with Crippen LogP contribution in [0.15, 0.2) is 24.3 Å². The van der Waals surface area contributed by atoms with Crippen molar-refractivity contribution < 1.29 is 18.7 Å². The molecule has 2 rings (SSSR count). The minimum Gasteiger partial charge on any atom is -0.469 e. The van der Waals surface area contributed by atoms with Gasteiger partial charge in [0.25, 0.3) is 5.91 Å². The molecule has 0 bridgehead atoms. The van der Waals surface area contributed by atoms with E-state index in [9.17, 15) is 14.0 Å². The molecule has 0 aliphatic carbocycles. The number of halogens is 1. The van der Waals surface area contributed by atoms with Gasteiger partial charge in [0.2, 0.25) is 0 Å². The van der Waals surface area contributed by atoms with E-state index in [1.807, 2.05) is 0 Å². The molecule has 1 aliphatic heterocycles. The van der Waals surface area contributed by atoms with Crippen LogP contribution in [0.3, 0.4) is 0 Å². The molecule has 5 heteroatoms. The van der Waals surface area contributed by atoms with Crippen LogP contribution in [-0.4, -0.2) is 37.0 Å². The number of carbonyl (C=O) groups excluding carboxylic acids is 2. The number of nitrogens with zero attached hydrogens (tertiary/aromatic N) is 1. The highest BCUT2D eigenvalue weighted by Crippen LogP contribution is 2.19. The number of likely N-dealkylation sites (tertiary alicyclic amines) is 1. The Morgan fingerprint density at radius 3 is 2.61 bits per heavy atom. The van der Waals surface area contributed by atoms with Crippen LogP contribution in [-0.2, 0) is 9.53 Å². The van der Waals surface area contributed by atoms with Gasteiger partial charge in [-0.3, -0.25) is 9.59 Å². The first kappa shape index (κ1) is 12.5. The molecule has 0 aromatic heterocycles. The fourth-order valence-corrected chi connectivity index (χ4v) is 2.08. The van der Waals surface area contributed by atoms with E-state index in [1.165, 1.54) is 31.4 Å². The summed E-state index contributed by atoms with van der Waals surface area (Å²) in [5.74, 6) is -1.09. The number of hydrogen-bond acceptors (Lipinski definition) is 3. The Kier molecular flexibility index (Phi) is 3.60. The van der Waals surface area contributed by atoms with Crippen LogP contribution in [0.25, 0.3) is 0 Å².